The Kier molecular flexibility index (Phi) is 11.5. The van der Waals surface area contributed by atoms with Gasteiger partial charge in [-0.2, -0.15) is 0 Å². The zero-order valence-electron chi connectivity index (χ0n) is 25.8. The Morgan fingerprint density at radius 2 is 1.02 bits per heavy atom. The van der Waals surface area contributed by atoms with Crippen LogP contribution < -0.4 is 0 Å². The van der Waals surface area contributed by atoms with E-state index in [0.29, 0.717) is 11.5 Å². The van der Waals surface area contributed by atoms with E-state index in [1.54, 1.807) is 6.07 Å². The molecule has 0 N–H and O–H groups in total. The first-order valence-corrected chi connectivity index (χ1v) is 17.4. The molecule has 4 heteroatoms. The third-order valence-corrected chi connectivity index (χ3v) is 11.4. The van der Waals surface area contributed by atoms with Crippen LogP contribution in [0.25, 0.3) is 0 Å². The molecule has 0 aromatic heterocycles. The Balaban J connectivity index is 1.05. The van der Waals surface area contributed by atoms with Crippen LogP contribution in [0.15, 0.2) is 30.3 Å². The quantitative estimate of drug-likeness (QED) is 0.140. The topological polar surface area (TPSA) is 0 Å². The SMILES string of the molecule is CCCCCCCCC1CCC(C2CCC(c3ccc(C4CCC(c5cc(F)c(F)c(F)c5)CC4)c(F)c3)CC2)CC1. The summed E-state index contributed by atoms with van der Waals surface area (Å²) in [5, 5.41) is 0. The van der Waals surface area contributed by atoms with E-state index in [9.17, 15) is 13.2 Å². The van der Waals surface area contributed by atoms with Crippen molar-refractivity contribution >= 4 is 0 Å². The molecule has 0 heterocycles. The first kappa shape index (κ1) is 31.6. The lowest BCUT2D eigenvalue weighted by Gasteiger charge is -2.38. The van der Waals surface area contributed by atoms with Crippen molar-refractivity contribution in [2.45, 2.75) is 147 Å². The van der Waals surface area contributed by atoms with Crippen molar-refractivity contribution in [1.29, 1.82) is 0 Å². The van der Waals surface area contributed by atoms with Crippen LogP contribution in [0.3, 0.4) is 0 Å². The van der Waals surface area contributed by atoms with Gasteiger partial charge in [-0.15, -0.1) is 0 Å². The van der Waals surface area contributed by atoms with Crippen molar-refractivity contribution in [2.24, 2.45) is 17.8 Å². The molecule has 0 bridgehead atoms. The van der Waals surface area contributed by atoms with Gasteiger partial charge in [0.2, 0.25) is 0 Å². The Morgan fingerprint density at radius 3 is 1.64 bits per heavy atom. The lowest BCUT2D eigenvalue weighted by molar-refractivity contribution is 0.155. The summed E-state index contributed by atoms with van der Waals surface area (Å²) in [6, 6.07) is 8.20. The minimum atomic E-state index is -1.41. The van der Waals surface area contributed by atoms with Gasteiger partial charge in [0.05, 0.1) is 0 Å². The van der Waals surface area contributed by atoms with Crippen LogP contribution in [0.4, 0.5) is 17.6 Å². The molecule has 3 aliphatic rings. The lowest BCUT2D eigenvalue weighted by atomic mass is 9.68. The van der Waals surface area contributed by atoms with Crippen molar-refractivity contribution in [1.82, 2.24) is 0 Å². The summed E-state index contributed by atoms with van der Waals surface area (Å²) in [6.45, 7) is 2.28. The number of unbranched alkanes of at least 4 members (excludes halogenated alkanes) is 5. The zero-order chi connectivity index (χ0) is 29.5. The highest BCUT2D eigenvalue weighted by atomic mass is 19.2. The fraction of sp³-hybridized carbons (Fsp3) is 0.684. The smallest absolute Gasteiger partial charge is 0.194 e. The van der Waals surface area contributed by atoms with Crippen molar-refractivity contribution in [3.05, 3.63) is 70.3 Å². The van der Waals surface area contributed by atoms with Gasteiger partial charge < -0.3 is 0 Å². The Bertz CT molecular complexity index is 1090. The molecule has 0 radical (unpaired) electrons. The molecule has 0 saturated heterocycles. The zero-order valence-corrected chi connectivity index (χ0v) is 25.8. The monoisotopic (exact) mass is 584 g/mol. The molecular weight excluding hydrogens is 532 g/mol. The highest BCUT2D eigenvalue weighted by Gasteiger charge is 2.32. The van der Waals surface area contributed by atoms with Crippen LogP contribution in [0, 0.1) is 41.0 Å². The average Bonchev–Trinajstić information content (AvgIpc) is 3.02. The second-order valence-corrected chi connectivity index (χ2v) is 14.1. The average molecular weight is 585 g/mol. The van der Waals surface area contributed by atoms with Gasteiger partial charge in [-0.3, -0.25) is 0 Å². The fourth-order valence-corrected chi connectivity index (χ4v) is 8.76. The van der Waals surface area contributed by atoms with E-state index in [1.165, 1.54) is 96.3 Å². The Morgan fingerprint density at radius 1 is 0.524 bits per heavy atom. The van der Waals surface area contributed by atoms with E-state index < -0.39 is 17.5 Å². The molecule has 0 aliphatic heterocycles. The molecular formula is C38H52F4. The summed E-state index contributed by atoms with van der Waals surface area (Å²) in [5.74, 6) is -0.464. The first-order valence-electron chi connectivity index (χ1n) is 17.4. The normalized spacial score (nSPS) is 28.6. The summed E-state index contributed by atoms with van der Waals surface area (Å²) >= 11 is 0. The predicted molar refractivity (Wildman–Crippen MR) is 165 cm³/mol. The number of hydrogen-bond acceptors (Lipinski definition) is 0. The Labute approximate surface area is 252 Å². The predicted octanol–water partition coefficient (Wildman–Crippen LogP) is 12.5. The first-order chi connectivity index (χ1) is 20.4. The van der Waals surface area contributed by atoms with Crippen molar-refractivity contribution in [2.75, 3.05) is 0 Å². The van der Waals surface area contributed by atoms with Gasteiger partial charge in [0.1, 0.15) is 5.82 Å². The van der Waals surface area contributed by atoms with Crippen molar-refractivity contribution in [3.63, 3.8) is 0 Å². The van der Waals surface area contributed by atoms with Gasteiger partial charge in [0.15, 0.2) is 17.5 Å². The molecule has 2 aromatic carbocycles. The van der Waals surface area contributed by atoms with E-state index in [0.717, 1.165) is 66.7 Å². The van der Waals surface area contributed by atoms with E-state index in [4.69, 9.17) is 0 Å². The number of halogens is 4. The van der Waals surface area contributed by atoms with Gasteiger partial charge in [-0.25, -0.2) is 17.6 Å². The molecule has 0 atom stereocenters. The standard InChI is InChI=1S/C38H52F4/c1-2-3-4-5-6-7-8-26-9-11-27(12-10-26)28-13-15-29(16-14-28)32-21-22-34(35(39)23-32)31-19-17-30(18-20-31)33-24-36(40)38(42)37(41)25-33/h21-31H,2-20H2,1H3. The molecule has 3 saturated carbocycles. The molecule has 5 rings (SSSR count). The highest BCUT2D eigenvalue weighted by Crippen LogP contribution is 2.46. The highest BCUT2D eigenvalue weighted by molar-refractivity contribution is 5.31. The lowest BCUT2D eigenvalue weighted by Crippen LogP contribution is -2.25. The van der Waals surface area contributed by atoms with Crippen LogP contribution in [0.2, 0.25) is 0 Å². The molecule has 0 amide bonds. The molecule has 0 nitrogen and oxygen atoms in total. The van der Waals surface area contributed by atoms with E-state index in [1.807, 2.05) is 6.07 Å². The maximum atomic E-state index is 15.4. The largest absolute Gasteiger partial charge is 0.207 e. The molecule has 0 spiro atoms. The summed E-state index contributed by atoms with van der Waals surface area (Å²) < 4.78 is 56.2. The summed E-state index contributed by atoms with van der Waals surface area (Å²) in [7, 11) is 0. The second-order valence-electron chi connectivity index (χ2n) is 14.1. The van der Waals surface area contributed by atoms with Crippen LogP contribution in [-0.4, -0.2) is 0 Å². The molecule has 3 fully saturated rings. The van der Waals surface area contributed by atoms with E-state index in [-0.39, 0.29) is 17.7 Å². The third kappa shape index (κ3) is 8.00. The number of rotatable bonds is 11. The molecule has 3 aliphatic carbocycles. The van der Waals surface area contributed by atoms with Gasteiger partial charge in [0.25, 0.3) is 0 Å². The third-order valence-electron chi connectivity index (χ3n) is 11.4. The van der Waals surface area contributed by atoms with Crippen molar-refractivity contribution in [3.8, 4) is 0 Å². The summed E-state index contributed by atoms with van der Waals surface area (Å²) in [6.07, 6.45) is 23.5. The van der Waals surface area contributed by atoms with Gasteiger partial charge in [0, 0.05) is 0 Å². The van der Waals surface area contributed by atoms with Gasteiger partial charge >= 0.3 is 0 Å². The van der Waals surface area contributed by atoms with E-state index >= 15 is 4.39 Å². The minimum absolute atomic E-state index is 0.0151. The molecule has 2 aromatic rings. The van der Waals surface area contributed by atoms with Crippen LogP contribution in [0.1, 0.15) is 163 Å². The van der Waals surface area contributed by atoms with Crippen molar-refractivity contribution < 1.29 is 17.6 Å². The number of hydrogen-bond donors (Lipinski definition) is 0. The molecule has 0 unspecified atom stereocenters. The summed E-state index contributed by atoms with van der Waals surface area (Å²) in [4.78, 5) is 0. The summed E-state index contributed by atoms with van der Waals surface area (Å²) in [5.41, 5.74) is 2.45. The van der Waals surface area contributed by atoms with Gasteiger partial charge in [-0.1, -0.05) is 76.8 Å². The maximum Gasteiger partial charge on any atom is 0.194 e. The van der Waals surface area contributed by atoms with E-state index in [2.05, 4.69) is 13.0 Å². The Hall–Kier alpha value is -1.84. The second kappa shape index (κ2) is 15.2. The number of benzene rings is 2. The fourth-order valence-electron chi connectivity index (χ4n) is 8.76. The molecule has 232 valence electrons. The minimum Gasteiger partial charge on any atom is -0.207 e. The van der Waals surface area contributed by atoms with Crippen LogP contribution in [-0.2, 0) is 0 Å². The maximum absolute atomic E-state index is 15.4. The van der Waals surface area contributed by atoms with Crippen LogP contribution in [0.5, 0.6) is 0 Å². The molecule has 42 heavy (non-hydrogen) atoms. The van der Waals surface area contributed by atoms with Crippen LogP contribution >= 0.6 is 0 Å². The van der Waals surface area contributed by atoms with Gasteiger partial charge in [-0.05, 0) is 135 Å².